The second-order valence-corrected chi connectivity index (χ2v) is 6.97. The maximum absolute atomic E-state index is 12.4. The van der Waals surface area contributed by atoms with Crippen molar-refractivity contribution in [2.45, 2.75) is 33.1 Å². The van der Waals surface area contributed by atoms with E-state index in [0.717, 1.165) is 30.8 Å². The summed E-state index contributed by atoms with van der Waals surface area (Å²) in [7, 11) is 0. The number of hydrogen-bond donors (Lipinski definition) is 2. The summed E-state index contributed by atoms with van der Waals surface area (Å²) in [6, 6.07) is 5.99. The van der Waals surface area contributed by atoms with E-state index in [1.165, 1.54) is 29.9 Å². The van der Waals surface area contributed by atoms with Crippen LogP contribution in [0.3, 0.4) is 0 Å². The van der Waals surface area contributed by atoms with Gasteiger partial charge in [0.15, 0.2) is 0 Å². The number of carbonyl (C=O) groups is 1. The third-order valence-electron chi connectivity index (χ3n) is 3.88. The zero-order valence-corrected chi connectivity index (χ0v) is 13.9. The number of anilines is 1. The van der Waals surface area contributed by atoms with E-state index in [0.29, 0.717) is 5.92 Å². The molecule has 3 nitrogen and oxygen atoms in total. The molecule has 0 unspecified atom stereocenters. The highest BCUT2D eigenvalue weighted by Crippen LogP contribution is 2.22. The van der Waals surface area contributed by atoms with Gasteiger partial charge >= 0.3 is 0 Å². The standard InChI is InChI=1S/C17H26N2OS/c1-3-8-18-16-11-13(2)4-5-15(16)17(20)19-12-14-6-9-21-10-7-14/h4-5,11,14,18H,3,6-10,12H2,1-2H3,(H,19,20). The Balaban J connectivity index is 1.96. The highest BCUT2D eigenvalue weighted by Gasteiger charge is 2.16. The van der Waals surface area contributed by atoms with Crippen molar-refractivity contribution in [1.82, 2.24) is 5.32 Å². The van der Waals surface area contributed by atoms with E-state index in [4.69, 9.17) is 0 Å². The third kappa shape index (κ3) is 4.95. The number of carbonyl (C=O) groups excluding carboxylic acids is 1. The molecule has 0 aromatic heterocycles. The molecule has 1 amide bonds. The first-order valence-corrected chi connectivity index (χ1v) is 9.06. The van der Waals surface area contributed by atoms with E-state index in [-0.39, 0.29) is 5.91 Å². The Labute approximate surface area is 132 Å². The van der Waals surface area contributed by atoms with Gasteiger partial charge in [-0.1, -0.05) is 13.0 Å². The fraction of sp³-hybridized carbons (Fsp3) is 0.588. The molecule has 1 fully saturated rings. The number of hydrogen-bond acceptors (Lipinski definition) is 3. The molecular weight excluding hydrogens is 280 g/mol. The van der Waals surface area contributed by atoms with Gasteiger partial charge in [0.05, 0.1) is 5.56 Å². The van der Waals surface area contributed by atoms with E-state index in [1.54, 1.807) is 0 Å². The van der Waals surface area contributed by atoms with Crippen LogP contribution in [0, 0.1) is 12.8 Å². The largest absolute Gasteiger partial charge is 0.384 e. The first kappa shape index (κ1) is 16.2. The van der Waals surface area contributed by atoms with Crippen molar-refractivity contribution in [3.63, 3.8) is 0 Å². The summed E-state index contributed by atoms with van der Waals surface area (Å²) in [5.41, 5.74) is 2.89. The minimum absolute atomic E-state index is 0.0480. The van der Waals surface area contributed by atoms with E-state index >= 15 is 0 Å². The molecule has 21 heavy (non-hydrogen) atoms. The summed E-state index contributed by atoms with van der Waals surface area (Å²) in [6.45, 7) is 5.88. The van der Waals surface area contributed by atoms with Crippen LogP contribution in [0.5, 0.6) is 0 Å². The van der Waals surface area contributed by atoms with Crippen LogP contribution in [0.25, 0.3) is 0 Å². The minimum atomic E-state index is 0.0480. The molecule has 0 aliphatic carbocycles. The summed E-state index contributed by atoms with van der Waals surface area (Å²) in [4.78, 5) is 12.4. The van der Waals surface area contributed by atoms with Gasteiger partial charge in [0.25, 0.3) is 5.91 Å². The lowest BCUT2D eigenvalue weighted by Gasteiger charge is -2.22. The van der Waals surface area contributed by atoms with Crippen molar-refractivity contribution in [2.24, 2.45) is 5.92 Å². The third-order valence-corrected chi connectivity index (χ3v) is 4.93. The van der Waals surface area contributed by atoms with Crippen molar-refractivity contribution >= 4 is 23.4 Å². The van der Waals surface area contributed by atoms with Crippen LogP contribution < -0.4 is 10.6 Å². The fourth-order valence-electron chi connectivity index (χ4n) is 2.54. The number of rotatable bonds is 6. The lowest BCUT2D eigenvalue weighted by Crippen LogP contribution is -2.31. The van der Waals surface area contributed by atoms with Gasteiger partial charge in [-0.3, -0.25) is 4.79 Å². The van der Waals surface area contributed by atoms with Crippen LogP contribution in [-0.2, 0) is 0 Å². The van der Waals surface area contributed by atoms with Gasteiger partial charge in [-0.15, -0.1) is 0 Å². The molecule has 0 spiro atoms. The van der Waals surface area contributed by atoms with Crippen molar-refractivity contribution in [3.05, 3.63) is 29.3 Å². The zero-order chi connectivity index (χ0) is 15.1. The van der Waals surface area contributed by atoms with Crippen LogP contribution in [0.15, 0.2) is 18.2 Å². The SMILES string of the molecule is CCCNc1cc(C)ccc1C(=O)NCC1CCSCC1. The van der Waals surface area contributed by atoms with E-state index in [1.807, 2.05) is 23.9 Å². The van der Waals surface area contributed by atoms with Gasteiger partial charge < -0.3 is 10.6 Å². The van der Waals surface area contributed by atoms with Gasteiger partial charge in [-0.05, 0) is 61.3 Å². The number of benzene rings is 1. The molecule has 1 aliphatic rings. The Morgan fingerprint density at radius 3 is 2.81 bits per heavy atom. The molecule has 1 aromatic carbocycles. The van der Waals surface area contributed by atoms with Crippen LogP contribution in [0.2, 0.25) is 0 Å². The van der Waals surface area contributed by atoms with Crippen LogP contribution >= 0.6 is 11.8 Å². The van der Waals surface area contributed by atoms with Crippen molar-refractivity contribution in [2.75, 3.05) is 29.9 Å². The topological polar surface area (TPSA) is 41.1 Å². The molecule has 116 valence electrons. The molecular formula is C17H26N2OS. The molecule has 1 saturated heterocycles. The monoisotopic (exact) mass is 306 g/mol. The maximum atomic E-state index is 12.4. The molecule has 1 heterocycles. The normalized spacial score (nSPS) is 15.7. The first-order chi connectivity index (χ1) is 10.2. The molecule has 2 rings (SSSR count). The fourth-order valence-corrected chi connectivity index (χ4v) is 3.75. The Kier molecular flexibility index (Phi) is 6.43. The minimum Gasteiger partial charge on any atom is -0.384 e. The molecule has 4 heteroatoms. The summed E-state index contributed by atoms with van der Waals surface area (Å²) in [5, 5.41) is 6.48. The van der Waals surface area contributed by atoms with Gasteiger partial charge in [0.2, 0.25) is 0 Å². The molecule has 0 radical (unpaired) electrons. The van der Waals surface area contributed by atoms with Crippen molar-refractivity contribution in [1.29, 1.82) is 0 Å². The van der Waals surface area contributed by atoms with Crippen molar-refractivity contribution < 1.29 is 4.79 Å². The molecule has 0 atom stereocenters. The maximum Gasteiger partial charge on any atom is 0.253 e. The molecule has 2 N–H and O–H groups in total. The first-order valence-electron chi connectivity index (χ1n) is 7.91. The average molecular weight is 306 g/mol. The van der Waals surface area contributed by atoms with Crippen molar-refractivity contribution in [3.8, 4) is 0 Å². The number of amides is 1. The Morgan fingerprint density at radius 1 is 1.33 bits per heavy atom. The quantitative estimate of drug-likeness (QED) is 0.842. The summed E-state index contributed by atoms with van der Waals surface area (Å²) < 4.78 is 0. The summed E-state index contributed by atoms with van der Waals surface area (Å²) >= 11 is 2.02. The Hall–Kier alpha value is -1.16. The number of aryl methyl sites for hydroxylation is 1. The van der Waals surface area contributed by atoms with Crippen LogP contribution in [-0.4, -0.2) is 30.5 Å². The number of nitrogens with one attached hydrogen (secondary N) is 2. The van der Waals surface area contributed by atoms with E-state index < -0.39 is 0 Å². The predicted octanol–water partition coefficient (Wildman–Crippen LogP) is 3.69. The summed E-state index contributed by atoms with van der Waals surface area (Å²) in [6.07, 6.45) is 3.49. The average Bonchev–Trinajstić information content (AvgIpc) is 2.51. The van der Waals surface area contributed by atoms with Gasteiger partial charge in [-0.25, -0.2) is 0 Å². The van der Waals surface area contributed by atoms with Gasteiger partial charge in [-0.2, -0.15) is 11.8 Å². The van der Waals surface area contributed by atoms with E-state index in [9.17, 15) is 4.79 Å². The summed E-state index contributed by atoms with van der Waals surface area (Å²) in [5.74, 6) is 3.16. The van der Waals surface area contributed by atoms with Gasteiger partial charge in [0, 0.05) is 18.8 Å². The molecule has 0 bridgehead atoms. The molecule has 1 aromatic rings. The zero-order valence-electron chi connectivity index (χ0n) is 13.1. The molecule has 0 saturated carbocycles. The van der Waals surface area contributed by atoms with Crippen LogP contribution in [0.1, 0.15) is 42.1 Å². The lowest BCUT2D eigenvalue weighted by molar-refractivity contribution is 0.0947. The van der Waals surface area contributed by atoms with Gasteiger partial charge in [0.1, 0.15) is 0 Å². The molecule has 1 aliphatic heterocycles. The van der Waals surface area contributed by atoms with E-state index in [2.05, 4.69) is 30.5 Å². The Bertz CT molecular complexity index is 470. The smallest absolute Gasteiger partial charge is 0.253 e. The second-order valence-electron chi connectivity index (χ2n) is 5.74. The second kappa shape index (κ2) is 8.32. The predicted molar refractivity (Wildman–Crippen MR) is 92.3 cm³/mol. The highest BCUT2D eigenvalue weighted by molar-refractivity contribution is 7.99. The Morgan fingerprint density at radius 2 is 2.10 bits per heavy atom. The number of thioether (sulfide) groups is 1. The lowest BCUT2D eigenvalue weighted by atomic mass is 10.0. The highest BCUT2D eigenvalue weighted by atomic mass is 32.2. The van der Waals surface area contributed by atoms with Crippen LogP contribution in [0.4, 0.5) is 5.69 Å².